The number of piperazine rings is 1. The Hall–Kier alpha value is -0.650. The van der Waals surface area contributed by atoms with Crippen molar-refractivity contribution in [3.05, 3.63) is 0 Å². The lowest BCUT2D eigenvalue weighted by Gasteiger charge is -2.42. The molecular formula is C10H22N4O. The average molecular weight is 214 g/mol. The zero-order valence-electron chi connectivity index (χ0n) is 9.65. The van der Waals surface area contributed by atoms with E-state index in [0.717, 1.165) is 19.6 Å². The molecule has 4 N–H and O–H groups in total. The lowest BCUT2D eigenvalue weighted by atomic mass is 10.1. The Labute approximate surface area is 91.4 Å². The summed E-state index contributed by atoms with van der Waals surface area (Å²) in [5.74, 6) is -0.267. The fourth-order valence-corrected chi connectivity index (χ4v) is 2.26. The van der Waals surface area contributed by atoms with Gasteiger partial charge in [0.05, 0.1) is 0 Å². The Morgan fingerprint density at radius 2 is 2.20 bits per heavy atom. The van der Waals surface area contributed by atoms with Crippen LogP contribution in [0.1, 0.15) is 13.3 Å². The van der Waals surface area contributed by atoms with Gasteiger partial charge in [-0.05, 0) is 14.0 Å². The van der Waals surface area contributed by atoms with E-state index >= 15 is 0 Å². The van der Waals surface area contributed by atoms with Gasteiger partial charge in [-0.3, -0.25) is 9.69 Å². The fourth-order valence-electron chi connectivity index (χ4n) is 2.26. The normalized spacial score (nSPS) is 26.5. The van der Waals surface area contributed by atoms with Crippen molar-refractivity contribution in [3.63, 3.8) is 0 Å². The molecule has 0 bridgehead atoms. The summed E-state index contributed by atoms with van der Waals surface area (Å²) in [5.41, 5.74) is 10.9. The Morgan fingerprint density at radius 1 is 1.53 bits per heavy atom. The first kappa shape index (κ1) is 12.4. The van der Waals surface area contributed by atoms with Crippen LogP contribution in [0.2, 0.25) is 0 Å². The van der Waals surface area contributed by atoms with Gasteiger partial charge in [0.15, 0.2) is 0 Å². The van der Waals surface area contributed by atoms with Crippen LogP contribution in [-0.4, -0.2) is 61.0 Å². The minimum atomic E-state index is -0.267. The summed E-state index contributed by atoms with van der Waals surface area (Å²) in [6.45, 7) is 5.68. The Kier molecular flexibility index (Phi) is 4.50. The molecule has 88 valence electrons. The number of nitrogens with zero attached hydrogens (tertiary/aromatic N) is 2. The van der Waals surface area contributed by atoms with E-state index in [1.807, 2.05) is 0 Å². The number of likely N-dealkylation sites (N-methyl/N-ethyl adjacent to an activating group) is 1. The number of hydrogen-bond donors (Lipinski definition) is 2. The van der Waals surface area contributed by atoms with Crippen molar-refractivity contribution < 1.29 is 4.79 Å². The molecule has 0 aromatic heterocycles. The third kappa shape index (κ3) is 3.44. The van der Waals surface area contributed by atoms with E-state index in [2.05, 4.69) is 23.8 Å². The SMILES string of the molecule is CC1CN(C)CCN1C(CN)CC(N)=O. The number of amides is 1. The first-order valence-electron chi connectivity index (χ1n) is 5.47. The van der Waals surface area contributed by atoms with Crippen LogP contribution < -0.4 is 11.5 Å². The third-order valence-electron chi connectivity index (χ3n) is 3.06. The summed E-state index contributed by atoms with van der Waals surface area (Å²) < 4.78 is 0. The van der Waals surface area contributed by atoms with E-state index in [9.17, 15) is 4.79 Å². The third-order valence-corrected chi connectivity index (χ3v) is 3.06. The maximum atomic E-state index is 10.9. The minimum Gasteiger partial charge on any atom is -0.370 e. The largest absolute Gasteiger partial charge is 0.370 e. The molecule has 15 heavy (non-hydrogen) atoms. The Balaban J connectivity index is 2.55. The molecule has 0 spiro atoms. The smallest absolute Gasteiger partial charge is 0.219 e. The summed E-state index contributed by atoms with van der Waals surface area (Å²) in [6, 6.07) is 0.544. The number of carbonyl (C=O) groups excluding carboxylic acids is 1. The number of nitrogens with two attached hydrogens (primary N) is 2. The quantitative estimate of drug-likeness (QED) is 0.618. The van der Waals surface area contributed by atoms with Gasteiger partial charge in [-0.1, -0.05) is 0 Å². The van der Waals surface area contributed by atoms with E-state index < -0.39 is 0 Å². The molecule has 1 heterocycles. The monoisotopic (exact) mass is 214 g/mol. The summed E-state index contributed by atoms with van der Waals surface area (Å²) in [6.07, 6.45) is 0.366. The lowest BCUT2D eigenvalue weighted by molar-refractivity contribution is -0.119. The van der Waals surface area contributed by atoms with Crippen molar-refractivity contribution in [2.45, 2.75) is 25.4 Å². The summed E-state index contributed by atoms with van der Waals surface area (Å²) >= 11 is 0. The van der Waals surface area contributed by atoms with Crippen molar-refractivity contribution in [2.75, 3.05) is 33.2 Å². The highest BCUT2D eigenvalue weighted by Gasteiger charge is 2.27. The summed E-state index contributed by atoms with van der Waals surface area (Å²) in [7, 11) is 2.11. The van der Waals surface area contributed by atoms with Gasteiger partial charge in [-0.15, -0.1) is 0 Å². The van der Waals surface area contributed by atoms with Gasteiger partial charge in [0.2, 0.25) is 5.91 Å². The number of hydrogen-bond acceptors (Lipinski definition) is 4. The number of rotatable bonds is 4. The number of primary amides is 1. The predicted octanol–water partition coefficient (Wildman–Crippen LogP) is -1.17. The first-order valence-corrected chi connectivity index (χ1v) is 5.47. The van der Waals surface area contributed by atoms with Gasteiger partial charge in [-0.2, -0.15) is 0 Å². The topological polar surface area (TPSA) is 75.6 Å². The van der Waals surface area contributed by atoms with E-state index in [1.165, 1.54) is 0 Å². The van der Waals surface area contributed by atoms with Crippen LogP contribution in [0.15, 0.2) is 0 Å². The molecule has 2 unspecified atom stereocenters. The minimum absolute atomic E-state index is 0.103. The first-order chi connectivity index (χ1) is 7.04. The van der Waals surface area contributed by atoms with Crippen LogP contribution >= 0.6 is 0 Å². The van der Waals surface area contributed by atoms with Gasteiger partial charge < -0.3 is 16.4 Å². The van der Waals surface area contributed by atoms with Crippen LogP contribution in [0.3, 0.4) is 0 Å². The highest BCUT2D eigenvalue weighted by molar-refractivity contribution is 5.74. The second kappa shape index (κ2) is 5.44. The number of carbonyl (C=O) groups is 1. The van der Waals surface area contributed by atoms with Crippen molar-refractivity contribution in [1.29, 1.82) is 0 Å². The van der Waals surface area contributed by atoms with Crippen LogP contribution in [-0.2, 0) is 4.79 Å². The molecule has 1 rings (SSSR count). The van der Waals surface area contributed by atoms with Crippen LogP contribution in [0.5, 0.6) is 0 Å². The Bertz CT molecular complexity index is 221. The molecule has 5 nitrogen and oxygen atoms in total. The molecule has 0 radical (unpaired) electrons. The van der Waals surface area contributed by atoms with E-state index in [-0.39, 0.29) is 11.9 Å². The van der Waals surface area contributed by atoms with E-state index in [0.29, 0.717) is 19.0 Å². The van der Waals surface area contributed by atoms with Gasteiger partial charge >= 0.3 is 0 Å². The molecule has 1 amide bonds. The highest BCUT2D eigenvalue weighted by atomic mass is 16.1. The Morgan fingerprint density at radius 3 is 2.67 bits per heavy atom. The second-order valence-electron chi connectivity index (χ2n) is 4.41. The van der Waals surface area contributed by atoms with Crippen molar-refractivity contribution in [1.82, 2.24) is 9.80 Å². The summed E-state index contributed by atoms with van der Waals surface area (Å²) in [4.78, 5) is 15.5. The molecular weight excluding hydrogens is 192 g/mol. The maximum absolute atomic E-state index is 10.9. The molecule has 1 aliphatic heterocycles. The fraction of sp³-hybridized carbons (Fsp3) is 0.900. The van der Waals surface area contributed by atoms with Crippen molar-refractivity contribution >= 4 is 5.91 Å². The zero-order chi connectivity index (χ0) is 11.4. The van der Waals surface area contributed by atoms with Crippen molar-refractivity contribution in [3.8, 4) is 0 Å². The average Bonchev–Trinajstić information content (AvgIpc) is 2.14. The molecule has 0 aliphatic carbocycles. The molecule has 1 fully saturated rings. The van der Waals surface area contributed by atoms with E-state index in [1.54, 1.807) is 0 Å². The standard InChI is InChI=1S/C10H22N4O/c1-8-7-13(2)3-4-14(8)9(6-11)5-10(12)15/h8-9H,3-7,11H2,1-2H3,(H2,12,15). The van der Waals surface area contributed by atoms with Gasteiger partial charge in [0.25, 0.3) is 0 Å². The van der Waals surface area contributed by atoms with E-state index in [4.69, 9.17) is 11.5 Å². The predicted molar refractivity (Wildman–Crippen MR) is 60.3 cm³/mol. The van der Waals surface area contributed by atoms with Crippen LogP contribution in [0, 0.1) is 0 Å². The lowest BCUT2D eigenvalue weighted by Crippen LogP contribution is -2.56. The molecule has 1 aliphatic rings. The van der Waals surface area contributed by atoms with Gasteiger partial charge in [0.1, 0.15) is 0 Å². The molecule has 1 saturated heterocycles. The molecule has 0 aromatic carbocycles. The second-order valence-corrected chi connectivity index (χ2v) is 4.41. The van der Waals surface area contributed by atoms with Crippen molar-refractivity contribution in [2.24, 2.45) is 11.5 Å². The van der Waals surface area contributed by atoms with Gasteiger partial charge in [0, 0.05) is 44.7 Å². The zero-order valence-corrected chi connectivity index (χ0v) is 9.65. The molecule has 5 heteroatoms. The highest BCUT2D eigenvalue weighted by Crippen LogP contribution is 2.13. The molecule has 0 saturated carbocycles. The molecule has 2 atom stereocenters. The summed E-state index contributed by atoms with van der Waals surface area (Å²) in [5, 5.41) is 0. The van der Waals surface area contributed by atoms with Crippen LogP contribution in [0.4, 0.5) is 0 Å². The molecule has 0 aromatic rings. The maximum Gasteiger partial charge on any atom is 0.219 e. The van der Waals surface area contributed by atoms with Crippen LogP contribution in [0.25, 0.3) is 0 Å². The van der Waals surface area contributed by atoms with Gasteiger partial charge in [-0.25, -0.2) is 0 Å².